The number of rotatable bonds is 8. The maximum Gasteiger partial charge on any atom is 1.00 e. The number of carbonyl (C=O) groups excluding carboxylic acids is 2. The first-order valence-corrected chi connectivity index (χ1v) is 22.4. The molecule has 8 aliphatic rings. The largest absolute Gasteiger partial charge is 1.00 e. The molecule has 4 bridgehead atoms. The number of phosphoric ester groups is 2. The Morgan fingerprint density at radius 3 is 1.00 bits per heavy atom. The number of fused-ring (bicyclic) bond motifs is 6. The third-order valence-electron chi connectivity index (χ3n) is 8.57. The predicted molar refractivity (Wildman–Crippen MR) is 167 cm³/mol. The fourth-order valence-electron chi connectivity index (χ4n) is 5.72. The van der Waals surface area contributed by atoms with Gasteiger partial charge in [0.15, 0.2) is 13.1 Å². The normalized spacial score (nSPS) is 32.1. The van der Waals surface area contributed by atoms with Crippen LogP contribution in [0.2, 0.25) is 0 Å². The van der Waals surface area contributed by atoms with Gasteiger partial charge in [0.2, 0.25) is 0 Å². The number of likely N-dealkylation sites (tertiary alicyclic amines) is 2. The third-order valence-corrected chi connectivity index (χ3v) is 11.2. The summed E-state index contributed by atoms with van der Waals surface area (Å²) in [5.41, 5.74) is -1.02. The minimum atomic E-state index is -10.7. The number of likely N-dealkylation sites (N-methyl/N-ethyl adjacent to an activating group) is 2. The smallest absolute Gasteiger partial charge is 1.00 e. The van der Waals surface area contributed by atoms with Crippen LogP contribution in [0.15, 0.2) is 0 Å². The minimum absolute atomic E-state index is 0. The van der Waals surface area contributed by atoms with E-state index in [1.165, 1.54) is 25.7 Å². The number of esters is 2. The van der Waals surface area contributed by atoms with E-state index < -0.39 is 42.4 Å². The summed E-state index contributed by atoms with van der Waals surface area (Å²) >= 11 is 0. The van der Waals surface area contributed by atoms with Gasteiger partial charge in [-0.05, 0) is 0 Å². The number of hydrogen-bond acceptors (Lipinski definition) is 12. The van der Waals surface area contributed by atoms with Gasteiger partial charge in [0.1, 0.15) is 13.2 Å². The van der Waals surface area contributed by atoms with Crippen molar-refractivity contribution >= 4 is 43.5 Å². The van der Waals surface area contributed by atoms with Crippen LogP contribution in [0.4, 0.5) is 46.2 Å². The molecule has 0 aromatic carbocycles. The molecule has 0 unspecified atom stereocenters. The SMILES string of the molecule is C[N+]1(CC(=O)OCC23COP(=O)(OC2)OC3)CCCC1.C[N+]1(CC(=O)OCC23COP(=O)(OC2)OC3)CCCC1.FP(F)(F)(F)F.F[P-](F)(F)(F)(F)F.O.[Cl-].[F-].[K+]. The van der Waals surface area contributed by atoms with E-state index in [-0.39, 0.29) is 139 Å². The number of quaternary nitrogens is 2. The summed E-state index contributed by atoms with van der Waals surface area (Å²) in [5, 5.41) is 0. The van der Waals surface area contributed by atoms with E-state index >= 15 is 0 Å². The van der Waals surface area contributed by atoms with E-state index in [0.29, 0.717) is 13.1 Å². The molecule has 0 aromatic rings. The molecule has 0 aliphatic carbocycles. The summed E-state index contributed by atoms with van der Waals surface area (Å²) in [6.45, 7) is 6.80. The van der Waals surface area contributed by atoms with Gasteiger partial charge in [-0.3, -0.25) is 27.1 Å². The zero-order chi connectivity index (χ0) is 40.4. The average Bonchev–Trinajstić information content (AvgIpc) is 3.62. The standard InChI is InChI=1S/2C12H21NO6P.ClH.F6P.F5P.FH.K.H2O/c2*1-13(4-2-3-5-13)6-11(14)16-7-12-8-17-20(15,18-9-12)19-10-12;;1-7(2,3,4,5)6;1-6(2,3,4)5;;;/h2*2-10H2,1H3;1H;;;1H;;1H2/q2*+1;;-1;;;+1;/p-2. The molecule has 0 saturated carbocycles. The fourth-order valence-corrected chi connectivity index (χ4v) is 8.75. The Balaban J connectivity index is 0. The van der Waals surface area contributed by atoms with Crippen LogP contribution < -0.4 is 68.5 Å². The van der Waals surface area contributed by atoms with E-state index in [4.69, 9.17) is 36.6 Å². The first-order chi connectivity index (χ1) is 23.5. The topological polar surface area (TPSA) is 174 Å². The second kappa shape index (κ2) is 20.2. The van der Waals surface area contributed by atoms with Crippen molar-refractivity contribution in [2.45, 2.75) is 25.7 Å². The Kier molecular flexibility index (Phi) is 21.3. The number of hydrogen-bond donors (Lipinski definition) is 0. The van der Waals surface area contributed by atoms with Crippen LogP contribution in [-0.4, -0.2) is 133 Å². The molecule has 8 heterocycles. The summed E-state index contributed by atoms with van der Waals surface area (Å²) < 4.78 is 174. The van der Waals surface area contributed by atoms with Gasteiger partial charge in [-0.25, -0.2) is 18.7 Å². The van der Waals surface area contributed by atoms with Gasteiger partial charge in [0.05, 0.1) is 90.7 Å². The van der Waals surface area contributed by atoms with E-state index in [2.05, 4.69) is 14.1 Å². The van der Waals surface area contributed by atoms with Crippen LogP contribution in [0.1, 0.15) is 25.7 Å². The molecule has 0 radical (unpaired) electrons. The number of ether oxygens (including phenoxy) is 2. The molecule has 8 rings (SSSR count). The molecule has 8 fully saturated rings. The number of nitrogens with zero attached hydrogens (tertiary/aromatic N) is 2. The van der Waals surface area contributed by atoms with Crippen molar-refractivity contribution in [1.29, 1.82) is 0 Å². The van der Waals surface area contributed by atoms with Crippen molar-refractivity contribution in [3.63, 3.8) is 0 Å². The van der Waals surface area contributed by atoms with Crippen molar-refractivity contribution in [3.05, 3.63) is 0 Å². The van der Waals surface area contributed by atoms with Crippen LogP contribution in [-0.2, 0) is 55.3 Å². The van der Waals surface area contributed by atoms with Gasteiger partial charge in [-0.15, -0.1) is 0 Å². The number of phosphoric acid groups is 2. The van der Waals surface area contributed by atoms with Gasteiger partial charge >= 0.3 is 141 Å². The molecule has 15 nitrogen and oxygen atoms in total. The second-order valence-corrected chi connectivity index (χ2v) is 20.8. The summed E-state index contributed by atoms with van der Waals surface area (Å²) in [4.78, 5) is 23.9. The molecular weight excluding hydrogens is 951 g/mol. The van der Waals surface area contributed by atoms with Crippen molar-refractivity contribution in [2.75, 3.05) is 106 Å². The zero-order valence-electron chi connectivity index (χ0n) is 30.7. The minimum Gasteiger partial charge on any atom is -1.00 e. The van der Waals surface area contributed by atoms with Crippen molar-refractivity contribution < 1.29 is 184 Å². The summed E-state index contributed by atoms with van der Waals surface area (Å²) in [6.07, 6.45) is 4.66. The summed E-state index contributed by atoms with van der Waals surface area (Å²) in [5.74, 6) is -0.411. The van der Waals surface area contributed by atoms with Crippen LogP contribution in [0.5, 0.6) is 0 Å². The Bertz CT molecular complexity index is 1290. The van der Waals surface area contributed by atoms with E-state index in [1.54, 1.807) is 0 Å². The molecule has 0 spiro atoms. The van der Waals surface area contributed by atoms with Gasteiger partial charge in [0.25, 0.3) is 0 Å². The first kappa shape index (κ1) is 60.1. The fraction of sp³-hybridized carbons (Fsp3) is 0.917. The summed E-state index contributed by atoms with van der Waals surface area (Å²) in [6, 6.07) is 0. The molecule has 0 amide bonds. The van der Waals surface area contributed by atoms with Crippen molar-refractivity contribution in [1.82, 2.24) is 0 Å². The zero-order valence-corrected chi connectivity index (χ0v) is 38.2. The van der Waals surface area contributed by atoms with E-state index in [1.807, 2.05) is 0 Å². The molecule has 8 saturated heterocycles. The van der Waals surface area contributed by atoms with Crippen LogP contribution in [0.25, 0.3) is 0 Å². The Morgan fingerprint density at radius 1 is 0.614 bits per heavy atom. The molecule has 2 N–H and O–H groups in total. The third kappa shape index (κ3) is 25.0. The van der Waals surface area contributed by atoms with Crippen molar-refractivity contribution in [3.8, 4) is 0 Å². The van der Waals surface area contributed by atoms with Crippen LogP contribution in [0.3, 0.4) is 0 Å². The quantitative estimate of drug-likeness (QED) is 0.0900. The Labute approximate surface area is 368 Å². The molecule has 33 heteroatoms. The number of halogens is 13. The van der Waals surface area contributed by atoms with Gasteiger partial charge in [0, 0.05) is 25.7 Å². The molecule has 340 valence electrons. The van der Waals surface area contributed by atoms with E-state index in [9.17, 15) is 64.9 Å². The first-order valence-electron chi connectivity index (χ1n) is 15.8. The maximum absolute atomic E-state index is 12.0. The molecule has 0 atom stereocenters. The molecule has 8 aliphatic heterocycles. The predicted octanol–water partition coefficient (Wildman–Crippen LogP) is -1.59. The molecule has 57 heavy (non-hydrogen) atoms. The van der Waals surface area contributed by atoms with Crippen LogP contribution >= 0.6 is 31.6 Å². The summed E-state index contributed by atoms with van der Waals surface area (Å²) in [7, 11) is -21.6. The molecule has 0 aromatic heterocycles. The van der Waals surface area contributed by atoms with Gasteiger partial charge < -0.3 is 41.0 Å². The van der Waals surface area contributed by atoms with Gasteiger partial charge in [-0.1, -0.05) is 0 Å². The van der Waals surface area contributed by atoms with Crippen LogP contribution in [0, 0.1) is 10.8 Å². The van der Waals surface area contributed by atoms with Gasteiger partial charge in [-0.2, -0.15) is 0 Å². The van der Waals surface area contributed by atoms with Crippen molar-refractivity contribution in [2.24, 2.45) is 10.8 Å². The average molecular weight is 995 g/mol. The second-order valence-electron chi connectivity index (χ2n) is 14.3. The number of carbonyl (C=O) groups is 2. The Morgan fingerprint density at radius 2 is 0.807 bits per heavy atom. The Hall–Kier alpha value is 0.986. The molecular formula is C24H44ClF12KN2O13P4. The van der Waals surface area contributed by atoms with E-state index in [0.717, 1.165) is 35.1 Å². The maximum atomic E-state index is 12.0. The monoisotopic (exact) mass is 994 g/mol.